The van der Waals surface area contributed by atoms with E-state index in [0.29, 0.717) is 35.0 Å². The predicted molar refractivity (Wildman–Crippen MR) is 108 cm³/mol. The molecule has 0 saturated carbocycles. The minimum Gasteiger partial charge on any atom is -0.494 e. The Morgan fingerprint density at radius 3 is 2.21 bits per heavy atom. The SMILES string of the molecule is CCCCOc1ccc(C(=O)NN=Cc2cc(OC)c(OC)c(OC)c2)cc1. The summed E-state index contributed by atoms with van der Waals surface area (Å²) in [5.41, 5.74) is 3.68. The normalized spacial score (nSPS) is 10.6. The largest absolute Gasteiger partial charge is 0.494 e. The van der Waals surface area contributed by atoms with Gasteiger partial charge in [0.05, 0.1) is 34.2 Å². The van der Waals surface area contributed by atoms with Crippen LogP contribution in [-0.2, 0) is 0 Å². The second-order valence-electron chi connectivity index (χ2n) is 5.88. The van der Waals surface area contributed by atoms with Gasteiger partial charge < -0.3 is 18.9 Å². The van der Waals surface area contributed by atoms with Crippen LogP contribution >= 0.6 is 0 Å². The van der Waals surface area contributed by atoms with Gasteiger partial charge >= 0.3 is 0 Å². The monoisotopic (exact) mass is 386 g/mol. The summed E-state index contributed by atoms with van der Waals surface area (Å²) < 4.78 is 21.5. The molecule has 0 atom stereocenters. The molecule has 0 bridgehead atoms. The highest BCUT2D eigenvalue weighted by molar-refractivity contribution is 5.95. The molecule has 0 aliphatic carbocycles. The van der Waals surface area contributed by atoms with Crippen LogP contribution in [0.25, 0.3) is 0 Å². The highest BCUT2D eigenvalue weighted by Gasteiger charge is 2.12. The quantitative estimate of drug-likeness (QED) is 0.383. The first-order valence-corrected chi connectivity index (χ1v) is 8.99. The van der Waals surface area contributed by atoms with Crippen molar-refractivity contribution >= 4 is 12.1 Å². The Morgan fingerprint density at radius 1 is 1.04 bits per heavy atom. The number of hydrazone groups is 1. The Morgan fingerprint density at radius 2 is 1.68 bits per heavy atom. The molecule has 7 nitrogen and oxygen atoms in total. The highest BCUT2D eigenvalue weighted by atomic mass is 16.5. The van der Waals surface area contributed by atoms with Crippen molar-refractivity contribution < 1.29 is 23.7 Å². The second kappa shape index (κ2) is 10.8. The molecule has 0 heterocycles. The van der Waals surface area contributed by atoms with Gasteiger partial charge in [0.1, 0.15) is 5.75 Å². The van der Waals surface area contributed by atoms with Crippen LogP contribution in [0.1, 0.15) is 35.7 Å². The molecular weight excluding hydrogens is 360 g/mol. The predicted octanol–water partition coefficient (Wildman–Crippen LogP) is 3.66. The van der Waals surface area contributed by atoms with Crippen molar-refractivity contribution in [3.05, 3.63) is 47.5 Å². The van der Waals surface area contributed by atoms with Crippen LogP contribution in [-0.4, -0.2) is 40.1 Å². The van der Waals surface area contributed by atoms with Crippen molar-refractivity contribution in [3.63, 3.8) is 0 Å². The lowest BCUT2D eigenvalue weighted by Gasteiger charge is -2.12. The maximum Gasteiger partial charge on any atom is 0.271 e. The van der Waals surface area contributed by atoms with Crippen molar-refractivity contribution in [3.8, 4) is 23.0 Å². The van der Waals surface area contributed by atoms with Gasteiger partial charge in [-0.2, -0.15) is 5.10 Å². The smallest absolute Gasteiger partial charge is 0.271 e. The van der Waals surface area contributed by atoms with Crippen LogP contribution in [0.3, 0.4) is 0 Å². The zero-order valence-corrected chi connectivity index (χ0v) is 16.7. The minimum absolute atomic E-state index is 0.316. The van der Waals surface area contributed by atoms with Crippen LogP contribution in [0.15, 0.2) is 41.5 Å². The van der Waals surface area contributed by atoms with Gasteiger partial charge in [-0.15, -0.1) is 0 Å². The third-order valence-corrected chi connectivity index (χ3v) is 3.95. The van der Waals surface area contributed by atoms with E-state index in [9.17, 15) is 4.79 Å². The fourth-order valence-electron chi connectivity index (χ4n) is 2.44. The molecule has 1 amide bonds. The molecule has 0 aromatic heterocycles. The van der Waals surface area contributed by atoms with E-state index >= 15 is 0 Å². The van der Waals surface area contributed by atoms with Crippen LogP contribution in [0.2, 0.25) is 0 Å². The third-order valence-electron chi connectivity index (χ3n) is 3.95. The van der Waals surface area contributed by atoms with Gasteiger partial charge in [0.15, 0.2) is 11.5 Å². The average molecular weight is 386 g/mol. The van der Waals surface area contributed by atoms with Gasteiger partial charge in [-0.25, -0.2) is 5.43 Å². The molecule has 0 unspecified atom stereocenters. The van der Waals surface area contributed by atoms with E-state index in [2.05, 4.69) is 17.5 Å². The van der Waals surface area contributed by atoms with Crippen molar-refractivity contribution in [2.45, 2.75) is 19.8 Å². The number of rotatable bonds is 10. The van der Waals surface area contributed by atoms with Crippen LogP contribution in [0, 0.1) is 0 Å². The maximum atomic E-state index is 12.2. The zero-order valence-electron chi connectivity index (χ0n) is 16.7. The first-order chi connectivity index (χ1) is 13.6. The average Bonchev–Trinajstić information content (AvgIpc) is 2.73. The minimum atomic E-state index is -0.316. The zero-order chi connectivity index (χ0) is 20.4. The number of amides is 1. The van der Waals surface area contributed by atoms with E-state index < -0.39 is 0 Å². The molecule has 2 rings (SSSR count). The molecule has 0 fully saturated rings. The lowest BCUT2D eigenvalue weighted by Crippen LogP contribution is -2.17. The van der Waals surface area contributed by atoms with Gasteiger partial charge in [-0.05, 0) is 42.8 Å². The van der Waals surface area contributed by atoms with Crippen LogP contribution in [0.5, 0.6) is 23.0 Å². The number of nitrogens with one attached hydrogen (secondary N) is 1. The Balaban J connectivity index is 2.01. The molecule has 2 aromatic carbocycles. The number of carbonyl (C=O) groups is 1. The summed E-state index contributed by atoms with van der Waals surface area (Å²) in [6, 6.07) is 10.4. The summed E-state index contributed by atoms with van der Waals surface area (Å²) in [5.74, 6) is 1.93. The van der Waals surface area contributed by atoms with Gasteiger partial charge in [-0.3, -0.25) is 4.79 Å². The van der Waals surface area contributed by atoms with E-state index in [0.717, 1.165) is 18.6 Å². The van der Waals surface area contributed by atoms with E-state index in [1.54, 1.807) is 36.4 Å². The lowest BCUT2D eigenvalue weighted by molar-refractivity contribution is 0.0955. The summed E-state index contributed by atoms with van der Waals surface area (Å²) in [6.45, 7) is 2.77. The number of hydrogen-bond acceptors (Lipinski definition) is 6. The van der Waals surface area contributed by atoms with E-state index in [1.165, 1.54) is 27.5 Å². The van der Waals surface area contributed by atoms with Gasteiger partial charge in [0, 0.05) is 11.1 Å². The van der Waals surface area contributed by atoms with Crippen LogP contribution in [0.4, 0.5) is 0 Å². The van der Waals surface area contributed by atoms with Crippen LogP contribution < -0.4 is 24.4 Å². The van der Waals surface area contributed by atoms with Crippen molar-refractivity contribution in [1.29, 1.82) is 0 Å². The Kier molecular flexibility index (Phi) is 8.14. The van der Waals surface area contributed by atoms with Crippen molar-refractivity contribution in [2.24, 2.45) is 5.10 Å². The van der Waals surface area contributed by atoms with E-state index in [1.807, 2.05) is 0 Å². The Labute approximate surface area is 165 Å². The first kappa shape index (κ1) is 21.1. The molecular formula is C21H26N2O5. The molecule has 1 N–H and O–H groups in total. The topological polar surface area (TPSA) is 78.4 Å². The summed E-state index contributed by atoms with van der Waals surface area (Å²) in [5, 5.41) is 4.00. The first-order valence-electron chi connectivity index (χ1n) is 8.99. The molecule has 0 aliphatic heterocycles. The number of methoxy groups -OCH3 is 3. The summed E-state index contributed by atoms with van der Waals surface area (Å²) >= 11 is 0. The Hall–Kier alpha value is -3.22. The number of unbranched alkanes of at least 4 members (excludes halogenated alkanes) is 1. The fourth-order valence-corrected chi connectivity index (χ4v) is 2.44. The molecule has 2 aromatic rings. The maximum absolute atomic E-state index is 12.2. The molecule has 0 radical (unpaired) electrons. The third kappa shape index (κ3) is 5.64. The summed E-state index contributed by atoms with van der Waals surface area (Å²) in [4.78, 5) is 12.2. The van der Waals surface area contributed by atoms with Gasteiger partial charge in [-0.1, -0.05) is 13.3 Å². The van der Waals surface area contributed by atoms with Crippen molar-refractivity contribution in [2.75, 3.05) is 27.9 Å². The molecule has 150 valence electrons. The number of carbonyl (C=O) groups excluding carboxylic acids is 1. The summed E-state index contributed by atoms with van der Waals surface area (Å²) in [7, 11) is 4.61. The number of benzene rings is 2. The number of hydrogen-bond donors (Lipinski definition) is 1. The van der Waals surface area contributed by atoms with Gasteiger partial charge in [0.25, 0.3) is 5.91 Å². The van der Waals surface area contributed by atoms with Crippen molar-refractivity contribution in [1.82, 2.24) is 5.43 Å². The second-order valence-corrected chi connectivity index (χ2v) is 5.88. The van der Waals surface area contributed by atoms with E-state index in [4.69, 9.17) is 18.9 Å². The number of ether oxygens (including phenoxy) is 4. The molecule has 7 heteroatoms. The fraction of sp³-hybridized carbons (Fsp3) is 0.333. The molecule has 0 saturated heterocycles. The Bertz CT molecular complexity index is 778. The van der Waals surface area contributed by atoms with Gasteiger partial charge in [0.2, 0.25) is 5.75 Å². The molecule has 0 aliphatic rings. The highest BCUT2D eigenvalue weighted by Crippen LogP contribution is 2.37. The van der Waals surface area contributed by atoms with E-state index in [-0.39, 0.29) is 5.91 Å². The summed E-state index contributed by atoms with van der Waals surface area (Å²) in [6.07, 6.45) is 3.58. The molecule has 0 spiro atoms. The molecule has 28 heavy (non-hydrogen) atoms. The lowest BCUT2D eigenvalue weighted by atomic mass is 10.2. The standard InChI is InChI=1S/C21H26N2O5/c1-5-6-11-28-17-9-7-16(8-10-17)21(24)23-22-14-15-12-18(25-2)20(27-4)19(13-15)26-3/h7-10,12-14H,5-6,11H2,1-4H3,(H,23,24). The number of nitrogens with zero attached hydrogens (tertiary/aromatic N) is 1.